The molecule has 3 aromatic rings. The van der Waals surface area contributed by atoms with Gasteiger partial charge in [0, 0.05) is 0 Å². The van der Waals surface area contributed by atoms with Gasteiger partial charge in [-0.3, -0.25) is 4.79 Å². The summed E-state index contributed by atoms with van der Waals surface area (Å²) in [4.78, 5) is 13.4. The van der Waals surface area contributed by atoms with E-state index in [1.807, 2.05) is 78.9 Å². The van der Waals surface area contributed by atoms with Crippen LogP contribution in [0.5, 0.6) is 0 Å². The lowest BCUT2D eigenvalue weighted by Crippen LogP contribution is -2.52. The van der Waals surface area contributed by atoms with E-state index in [2.05, 4.69) is 17.4 Å². The molecule has 1 aliphatic rings. The molecule has 4 rings (SSSR count). The largest absolute Gasteiger partial charge is 0.346 e. The Kier molecular flexibility index (Phi) is 4.57. The van der Waals surface area contributed by atoms with E-state index >= 15 is 0 Å². The summed E-state index contributed by atoms with van der Waals surface area (Å²) >= 11 is 0. The molecule has 0 atom stereocenters. The zero-order valence-corrected chi connectivity index (χ0v) is 14.8. The Balaban J connectivity index is 1.67. The molecular formula is C24H23NO. The van der Waals surface area contributed by atoms with Crippen LogP contribution in [0.15, 0.2) is 91.0 Å². The van der Waals surface area contributed by atoms with Crippen LogP contribution in [-0.4, -0.2) is 5.91 Å². The maximum absolute atomic E-state index is 13.4. The van der Waals surface area contributed by atoms with Crippen molar-refractivity contribution >= 4 is 5.91 Å². The summed E-state index contributed by atoms with van der Waals surface area (Å²) in [6.07, 6.45) is 3.15. The molecule has 0 unspecified atom stereocenters. The number of benzene rings is 3. The molecule has 0 saturated heterocycles. The molecular weight excluding hydrogens is 318 g/mol. The third-order valence-electron chi connectivity index (χ3n) is 5.42. The molecule has 0 aliphatic heterocycles. The average Bonchev–Trinajstić information content (AvgIpc) is 2.67. The SMILES string of the molecule is O=C(NC1(c2ccccc2)CCC1)C(c1ccccc1)c1ccccc1. The quantitative estimate of drug-likeness (QED) is 0.694. The summed E-state index contributed by atoms with van der Waals surface area (Å²) in [5.74, 6) is -0.218. The van der Waals surface area contributed by atoms with Gasteiger partial charge in [0.2, 0.25) is 5.91 Å². The number of nitrogens with one attached hydrogen (secondary N) is 1. The van der Waals surface area contributed by atoms with Crippen molar-refractivity contribution in [2.75, 3.05) is 0 Å². The highest BCUT2D eigenvalue weighted by molar-refractivity contribution is 5.88. The first-order chi connectivity index (χ1) is 12.8. The minimum Gasteiger partial charge on any atom is -0.346 e. The third-order valence-corrected chi connectivity index (χ3v) is 5.42. The normalized spacial score (nSPS) is 15.3. The van der Waals surface area contributed by atoms with Gasteiger partial charge in [-0.25, -0.2) is 0 Å². The first kappa shape index (κ1) is 16.6. The lowest BCUT2D eigenvalue weighted by atomic mass is 9.71. The summed E-state index contributed by atoms with van der Waals surface area (Å²) in [7, 11) is 0. The van der Waals surface area contributed by atoms with Crippen molar-refractivity contribution in [2.45, 2.75) is 30.7 Å². The van der Waals surface area contributed by atoms with Crippen LogP contribution in [0.25, 0.3) is 0 Å². The molecule has 26 heavy (non-hydrogen) atoms. The van der Waals surface area contributed by atoms with Crippen LogP contribution < -0.4 is 5.32 Å². The molecule has 1 N–H and O–H groups in total. The molecule has 1 aliphatic carbocycles. The van der Waals surface area contributed by atoms with Crippen molar-refractivity contribution in [3.8, 4) is 0 Å². The number of amides is 1. The molecule has 2 nitrogen and oxygen atoms in total. The first-order valence-corrected chi connectivity index (χ1v) is 9.26. The van der Waals surface area contributed by atoms with Crippen LogP contribution in [0, 0.1) is 0 Å². The summed E-state index contributed by atoms with van der Waals surface area (Å²) in [6, 6.07) is 30.5. The van der Waals surface area contributed by atoms with Gasteiger partial charge in [0.05, 0.1) is 11.5 Å². The molecule has 1 saturated carbocycles. The van der Waals surface area contributed by atoms with E-state index < -0.39 is 0 Å². The van der Waals surface area contributed by atoms with Crippen LogP contribution in [0.2, 0.25) is 0 Å². The summed E-state index contributed by atoms with van der Waals surface area (Å²) in [6.45, 7) is 0. The monoisotopic (exact) mass is 341 g/mol. The summed E-state index contributed by atoms with van der Waals surface area (Å²) in [5.41, 5.74) is 3.04. The molecule has 0 radical (unpaired) electrons. The standard InChI is InChI=1S/C24H23NO/c26-23(25-24(17-10-18-24)21-15-8-3-9-16-21)22(19-11-4-1-5-12-19)20-13-6-2-7-14-20/h1-9,11-16,22H,10,17-18H2,(H,25,26). The lowest BCUT2D eigenvalue weighted by molar-refractivity contribution is -0.125. The van der Waals surface area contributed by atoms with E-state index in [4.69, 9.17) is 0 Å². The van der Waals surface area contributed by atoms with Crippen molar-refractivity contribution in [3.63, 3.8) is 0 Å². The minimum absolute atomic E-state index is 0.0750. The highest BCUT2D eigenvalue weighted by atomic mass is 16.2. The van der Waals surface area contributed by atoms with Gasteiger partial charge in [-0.15, -0.1) is 0 Å². The van der Waals surface area contributed by atoms with Gasteiger partial charge in [0.15, 0.2) is 0 Å². The fraction of sp³-hybridized carbons (Fsp3) is 0.208. The fourth-order valence-corrected chi connectivity index (χ4v) is 3.87. The van der Waals surface area contributed by atoms with E-state index in [9.17, 15) is 4.79 Å². The molecule has 0 bridgehead atoms. The second kappa shape index (κ2) is 7.17. The third kappa shape index (κ3) is 3.15. The molecule has 0 aromatic heterocycles. The van der Waals surface area contributed by atoms with Crippen molar-refractivity contribution in [1.29, 1.82) is 0 Å². The number of carbonyl (C=O) groups is 1. The Morgan fingerprint density at radius 2 is 1.19 bits per heavy atom. The van der Waals surface area contributed by atoms with Crippen LogP contribution in [-0.2, 0) is 10.3 Å². The van der Waals surface area contributed by atoms with Gasteiger partial charge in [0.25, 0.3) is 0 Å². The van der Waals surface area contributed by atoms with Crippen LogP contribution in [0.1, 0.15) is 41.9 Å². The smallest absolute Gasteiger partial charge is 0.232 e. The molecule has 2 heteroatoms. The minimum atomic E-state index is -0.293. The Morgan fingerprint density at radius 1 is 0.731 bits per heavy atom. The van der Waals surface area contributed by atoms with E-state index in [1.165, 1.54) is 5.56 Å². The maximum atomic E-state index is 13.4. The zero-order chi connectivity index (χ0) is 17.8. The van der Waals surface area contributed by atoms with E-state index in [0.717, 1.165) is 30.4 Å². The fourth-order valence-electron chi connectivity index (χ4n) is 3.87. The number of rotatable bonds is 5. The second-order valence-electron chi connectivity index (χ2n) is 7.05. The Hall–Kier alpha value is -2.87. The highest BCUT2D eigenvalue weighted by Crippen LogP contribution is 2.42. The van der Waals surface area contributed by atoms with Crippen molar-refractivity contribution in [2.24, 2.45) is 0 Å². The summed E-state index contributed by atoms with van der Waals surface area (Å²) < 4.78 is 0. The predicted octanol–water partition coefficient (Wildman–Crippen LogP) is 5.01. The molecule has 1 fully saturated rings. The first-order valence-electron chi connectivity index (χ1n) is 9.26. The second-order valence-corrected chi connectivity index (χ2v) is 7.05. The molecule has 3 aromatic carbocycles. The topological polar surface area (TPSA) is 29.1 Å². The highest BCUT2D eigenvalue weighted by Gasteiger charge is 2.41. The zero-order valence-electron chi connectivity index (χ0n) is 14.8. The van der Waals surface area contributed by atoms with Gasteiger partial charge < -0.3 is 5.32 Å². The molecule has 1 amide bonds. The van der Waals surface area contributed by atoms with E-state index in [1.54, 1.807) is 0 Å². The molecule has 130 valence electrons. The van der Waals surface area contributed by atoms with Crippen LogP contribution in [0.3, 0.4) is 0 Å². The van der Waals surface area contributed by atoms with E-state index in [-0.39, 0.29) is 17.4 Å². The predicted molar refractivity (Wildman–Crippen MR) is 105 cm³/mol. The molecule has 0 spiro atoms. The Labute approximate surface area is 154 Å². The number of hydrogen-bond donors (Lipinski definition) is 1. The number of carbonyl (C=O) groups excluding carboxylic acids is 1. The Morgan fingerprint density at radius 3 is 1.62 bits per heavy atom. The number of hydrogen-bond acceptors (Lipinski definition) is 1. The van der Waals surface area contributed by atoms with Crippen molar-refractivity contribution in [3.05, 3.63) is 108 Å². The van der Waals surface area contributed by atoms with Gasteiger partial charge in [-0.05, 0) is 36.0 Å². The van der Waals surface area contributed by atoms with Crippen molar-refractivity contribution < 1.29 is 4.79 Å². The van der Waals surface area contributed by atoms with Crippen molar-refractivity contribution in [1.82, 2.24) is 5.32 Å². The van der Waals surface area contributed by atoms with E-state index in [0.29, 0.717) is 0 Å². The van der Waals surface area contributed by atoms with Crippen LogP contribution in [0.4, 0.5) is 0 Å². The Bertz CT molecular complexity index is 815. The average molecular weight is 341 g/mol. The van der Waals surface area contributed by atoms with Gasteiger partial charge in [0.1, 0.15) is 0 Å². The van der Waals surface area contributed by atoms with Gasteiger partial charge >= 0.3 is 0 Å². The van der Waals surface area contributed by atoms with Gasteiger partial charge in [-0.2, -0.15) is 0 Å². The molecule has 0 heterocycles. The van der Waals surface area contributed by atoms with Crippen LogP contribution >= 0.6 is 0 Å². The maximum Gasteiger partial charge on any atom is 0.232 e. The lowest BCUT2D eigenvalue weighted by Gasteiger charge is -2.44. The van der Waals surface area contributed by atoms with Gasteiger partial charge in [-0.1, -0.05) is 91.0 Å². The summed E-state index contributed by atoms with van der Waals surface area (Å²) in [5, 5.41) is 3.40.